The summed E-state index contributed by atoms with van der Waals surface area (Å²) in [4.78, 5) is 10.9. The van der Waals surface area contributed by atoms with Gasteiger partial charge in [0.05, 0.1) is 0 Å². The lowest BCUT2D eigenvalue weighted by molar-refractivity contribution is 0.600. The number of hydrogen-bond acceptors (Lipinski definition) is 5. The van der Waals surface area contributed by atoms with Gasteiger partial charge in [0.1, 0.15) is 15.9 Å². The standard InChI is InChI=1S/C9H6Cl2N4O2S/c10-8-6(2-1-4-12-8)18(16,17)15-7-3-5-13-9(11)14-7/h1-5H,(H,13,14,15). The summed E-state index contributed by atoms with van der Waals surface area (Å²) in [5.41, 5.74) is 0. The second-order valence-electron chi connectivity index (χ2n) is 3.11. The van der Waals surface area contributed by atoms with Crippen LogP contribution in [-0.2, 0) is 10.0 Å². The van der Waals surface area contributed by atoms with Gasteiger partial charge in [-0.25, -0.2) is 18.4 Å². The molecule has 0 spiro atoms. The summed E-state index contributed by atoms with van der Waals surface area (Å²) in [6.07, 6.45) is 2.72. The number of aromatic nitrogens is 3. The average molecular weight is 305 g/mol. The Labute approximate surface area is 113 Å². The van der Waals surface area contributed by atoms with Crippen LogP contribution in [0.15, 0.2) is 35.5 Å². The van der Waals surface area contributed by atoms with Crippen LogP contribution >= 0.6 is 23.2 Å². The van der Waals surface area contributed by atoms with E-state index in [0.29, 0.717) is 0 Å². The van der Waals surface area contributed by atoms with Gasteiger partial charge in [0, 0.05) is 12.4 Å². The van der Waals surface area contributed by atoms with Crippen LogP contribution in [0.1, 0.15) is 0 Å². The van der Waals surface area contributed by atoms with Crippen molar-refractivity contribution in [3.8, 4) is 0 Å². The summed E-state index contributed by atoms with van der Waals surface area (Å²) in [7, 11) is -3.85. The molecule has 0 aliphatic rings. The van der Waals surface area contributed by atoms with Crippen LogP contribution in [0.25, 0.3) is 0 Å². The van der Waals surface area contributed by atoms with Crippen LogP contribution in [-0.4, -0.2) is 23.4 Å². The zero-order valence-corrected chi connectivity index (χ0v) is 11.0. The summed E-state index contributed by atoms with van der Waals surface area (Å²) in [6, 6.07) is 4.17. The third-order valence-corrected chi connectivity index (χ3v) is 3.86. The maximum absolute atomic E-state index is 12.0. The van der Waals surface area contributed by atoms with Crippen molar-refractivity contribution in [2.24, 2.45) is 0 Å². The van der Waals surface area contributed by atoms with Crippen LogP contribution in [0.3, 0.4) is 0 Å². The molecule has 0 aliphatic heterocycles. The highest BCUT2D eigenvalue weighted by atomic mass is 35.5. The molecule has 0 atom stereocenters. The minimum atomic E-state index is -3.85. The maximum Gasteiger partial charge on any atom is 0.266 e. The largest absolute Gasteiger partial charge is 0.266 e. The minimum Gasteiger partial charge on any atom is -0.263 e. The van der Waals surface area contributed by atoms with Crippen molar-refractivity contribution < 1.29 is 8.42 Å². The Bertz CT molecular complexity index is 678. The summed E-state index contributed by atoms with van der Waals surface area (Å²) in [5.74, 6) is 0.0509. The average Bonchev–Trinajstić information content (AvgIpc) is 2.28. The molecule has 0 radical (unpaired) electrons. The fourth-order valence-corrected chi connectivity index (χ4v) is 2.76. The number of nitrogens with one attached hydrogen (secondary N) is 1. The van der Waals surface area contributed by atoms with Gasteiger partial charge in [0.2, 0.25) is 5.28 Å². The number of hydrogen-bond donors (Lipinski definition) is 1. The molecule has 0 fully saturated rings. The zero-order chi connectivity index (χ0) is 13.2. The Balaban J connectivity index is 2.37. The molecule has 2 heterocycles. The van der Waals surface area contributed by atoms with E-state index >= 15 is 0 Å². The lowest BCUT2D eigenvalue weighted by Gasteiger charge is -2.07. The molecule has 9 heteroatoms. The SMILES string of the molecule is O=S(=O)(Nc1ccnc(Cl)n1)c1cccnc1Cl. The molecule has 94 valence electrons. The summed E-state index contributed by atoms with van der Waals surface area (Å²) in [5, 5.41) is -0.183. The molecule has 2 aromatic heterocycles. The number of sulfonamides is 1. The van der Waals surface area contributed by atoms with Crippen molar-refractivity contribution in [3.05, 3.63) is 41.0 Å². The second-order valence-corrected chi connectivity index (χ2v) is 5.46. The molecular weight excluding hydrogens is 299 g/mol. The van der Waals surface area contributed by atoms with Gasteiger partial charge in [-0.05, 0) is 29.8 Å². The maximum atomic E-state index is 12.0. The third-order valence-electron chi connectivity index (χ3n) is 1.88. The summed E-state index contributed by atoms with van der Waals surface area (Å²) in [6.45, 7) is 0. The fourth-order valence-electron chi connectivity index (χ4n) is 1.16. The molecule has 18 heavy (non-hydrogen) atoms. The van der Waals surface area contributed by atoms with Crippen molar-refractivity contribution in [1.82, 2.24) is 15.0 Å². The van der Waals surface area contributed by atoms with Crippen LogP contribution in [0.5, 0.6) is 0 Å². The molecule has 0 unspecified atom stereocenters. The van der Waals surface area contributed by atoms with Gasteiger partial charge in [-0.2, -0.15) is 4.98 Å². The highest BCUT2D eigenvalue weighted by Gasteiger charge is 2.19. The van der Waals surface area contributed by atoms with Gasteiger partial charge in [0.25, 0.3) is 10.0 Å². The second kappa shape index (κ2) is 5.05. The molecule has 6 nitrogen and oxygen atoms in total. The molecular formula is C9H6Cl2N4O2S. The Kier molecular flexibility index (Phi) is 3.65. The van der Waals surface area contributed by atoms with Crippen molar-refractivity contribution >= 4 is 39.0 Å². The minimum absolute atomic E-state index is 0.0509. The van der Waals surface area contributed by atoms with Gasteiger partial charge < -0.3 is 0 Å². The van der Waals surface area contributed by atoms with E-state index in [9.17, 15) is 8.42 Å². The first-order chi connectivity index (χ1) is 8.49. The van der Waals surface area contributed by atoms with E-state index in [-0.39, 0.29) is 21.2 Å². The molecule has 0 bridgehead atoms. The topological polar surface area (TPSA) is 84.8 Å². The van der Waals surface area contributed by atoms with Gasteiger partial charge in [-0.1, -0.05) is 11.6 Å². The molecule has 0 saturated carbocycles. The molecule has 0 aromatic carbocycles. The normalized spacial score (nSPS) is 11.2. The predicted octanol–water partition coefficient (Wildman–Crippen LogP) is 1.98. The molecule has 0 amide bonds. The van der Waals surface area contributed by atoms with Crippen LogP contribution < -0.4 is 4.72 Å². The molecule has 2 aromatic rings. The van der Waals surface area contributed by atoms with E-state index < -0.39 is 10.0 Å². The monoisotopic (exact) mass is 304 g/mol. The first-order valence-electron chi connectivity index (χ1n) is 4.61. The lowest BCUT2D eigenvalue weighted by Crippen LogP contribution is -2.14. The predicted molar refractivity (Wildman–Crippen MR) is 67.1 cm³/mol. The number of halogens is 2. The lowest BCUT2D eigenvalue weighted by atomic mass is 10.5. The highest BCUT2D eigenvalue weighted by molar-refractivity contribution is 7.92. The van der Waals surface area contributed by atoms with Crippen molar-refractivity contribution in [3.63, 3.8) is 0 Å². The van der Waals surface area contributed by atoms with E-state index in [1.54, 1.807) is 0 Å². The number of nitrogens with zero attached hydrogens (tertiary/aromatic N) is 3. The van der Waals surface area contributed by atoms with E-state index in [4.69, 9.17) is 23.2 Å². The van der Waals surface area contributed by atoms with Crippen molar-refractivity contribution in [2.75, 3.05) is 4.72 Å². The van der Waals surface area contributed by atoms with Crippen LogP contribution in [0, 0.1) is 0 Å². The van der Waals surface area contributed by atoms with E-state index in [1.165, 1.54) is 30.6 Å². The highest BCUT2D eigenvalue weighted by Crippen LogP contribution is 2.20. The number of pyridine rings is 1. The zero-order valence-electron chi connectivity index (χ0n) is 8.71. The number of anilines is 1. The van der Waals surface area contributed by atoms with E-state index in [2.05, 4.69) is 19.7 Å². The fraction of sp³-hybridized carbons (Fsp3) is 0. The Morgan fingerprint density at radius 3 is 2.56 bits per heavy atom. The van der Waals surface area contributed by atoms with Crippen molar-refractivity contribution in [2.45, 2.75) is 4.90 Å². The van der Waals surface area contributed by atoms with Gasteiger partial charge >= 0.3 is 0 Å². The van der Waals surface area contributed by atoms with Crippen LogP contribution in [0.4, 0.5) is 5.82 Å². The Morgan fingerprint density at radius 1 is 1.11 bits per heavy atom. The van der Waals surface area contributed by atoms with Gasteiger partial charge in [0.15, 0.2) is 0 Å². The van der Waals surface area contributed by atoms with Gasteiger partial charge in [-0.3, -0.25) is 4.72 Å². The molecule has 2 rings (SSSR count). The Morgan fingerprint density at radius 2 is 1.89 bits per heavy atom. The van der Waals surface area contributed by atoms with Crippen molar-refractivity contribution in [1.29, 1.82) is 0 Å². The van der Waals surface area contributed by atoms with Crippen LogP contribution in [0.2, 0.25) is 10.4 Å². The molecule has 0 saturated heterocycles. The smallest absolute Gasteiger partial charge is 0.263 e. The first kappa shape index (κ1) is 13.0. The molecule has 0 aliphatic carbocycles. The van der Waals surface area contributed by atoms with Gasteiger partial charge in [-0.15, -0.1) is 0 Å². The summed E-state index contributed by atoms with van der Waals surface area (Å²) < 4.78 is 26.2. The van der Waals surface area contributed by atoms with E-state index in [1.807, 2.05) is 0 Å². The quantitative estimate of drug-likeness (QED) is 0.692. The Hall–Kier alpha value is -1.44. The first-order valence-corrected chi connectivity index (χ1v) is 6.85. The summed E-state index contributed by atoms with van der Waals surface area (Å²) >= 11 is 11.3. The van der Waals surface area contributed by atoms with E-state index in [0.717, 1.165) is 0 Å². The third kappa shape index (κ3) is 2.87. The molecule has 1 N–H and O–H groups in total. The number of rotatable bonds is 3.